The van der Waals surface area contributed by atoms with Gasteiger partial charge in [0.2, 0.25) is 6.29 Å². The van der Waals surface area contributed by atoms with Crippen molar-refractivity contribution in [2.45, 2.75) is 307 Å². The highest BCUT2D eigenvalue weighted by Crippen LogP contribution is 2.76. The van der Waals surface area contributed by atoms with Gasteiger partial charge in [-0.2, -0.15) is 0 Å². The fourth-order valence-corrected chi connectivity index (χ4v) is 20.2. The lowest BCUT2D eigenvalue weighted by Gasteiger charge is -2.72. The Morgan fingerprint density at radius 2 is 1.28 bits per heavy atom. The number of allylic oxidation sites excluding steroid dienone is 2. The Morgan fingerprint density at radius 3 is 1.98 bits per heavy atom. The molecule has 10 N–H and O–H groups in total. The molecule has 10 fully saturated rings. The minimum Gasteiger partial charge on any atom is -0.455 e. The van der Waals surface area contributed by atoms with E-state index in [4.69, 9.17) is 61.9 Å². The van der Waals surface area contributed by atoms with Crippen LogP contribution in [0.25, 0.3) is 6.08 Å². The number of fused-ring (bicyclic) bond motifs is 8. The number of aliphatic hydroxyl groups is 10. The summed E-state index contributed by atoms with van der Waals surface area (Å²) in [5.74, 6) is -4.42. The number of benzene rings is 1. The number of carbonyl (C=O) groups excluding carboxylic acids is 4. The van der Waals surface area contributed by atoms with E-state index in [-0.39, 0.29) is 48.9 Å². The highest BCUT2D eigenvalue weighted by Gasteiger charge is 2.74. The number of ether oxygens (including phenoxy) is 11. The van der Waals surface area contributed by atoms with Crippen molar-refractivity contribution in [1.82, 2.24) is 0 Å². The van der Waals surface area contributed by atoms with Crippen LogP contribution < -0.4 is 0 Å². The molecule has 11 aliphatic rings. The lowest BCUT2D eigenvalue weighted by Crippen LogP contribution is -2.70. The average molecular weight is 1430 g/mol. The molecule has 0 aromatic heterocycles. The topological polar surface area (TPSA) is 391 Å². The van der Waals surface area contributed by atoms with Crippen LogP contribution in [0.1, 0.15) is 151 Å². The summed E-state index contributed by atoms with van der Waals surface area (Å²) in [5, 5.41) is 114. The average Bonchev–Trinajstić information content (AvgIpc) is 0.670. The number of aryl methyl sites for hydroxylation is 1. The van der Waals surface area contributed by atoms with Crippen LogP contribution in [-0.2, 0) is 81.1 Å². The Balaban J connectivity index is 0.829. The fraction of sp³-hybridized carbons (Fsp3) is 0.811. The first-order valence-corrected chi connectivity index (χ1v) is 36.3. The molecule has 5 saturated heterocycles. The van der Waals surface area contributed by atoms with Crippen molar-refractivity contribution in [3.63, 3.8) is 0 Å². The van der Waals surface area contributed by atoms with Gasteiger partial charge in [-0.1, -0.05) is 90.4 Å². The van der Waals surface area contributed by atoms with E-state index in [2.05, 4.69) is 46.8 Å². The van der Waals surface area contributed by atoms with E-state index in [0.29, 0.717) is 44.1 Å². The number of aldehydes is 1. The molecule has 5 heterocycles. The molecule has 1 aromatic rings. The minimum absolute atomic E-state index is 0.000226. The van der Waals surface area contributed by atoms with Gasteiger partial charge in [0.05, 0.1) is 66.3 Å². The minimum atomic E-state index is -1.80. The van der Waals surface area contributed by atoms with Crippen LogP contribution in [0.4, 0.5) is 0 Å². The molecule has 27 nitrogen and oxygen atoms in total. The molecular weight excluding hydrogens is 1320 g/mol. The molecule has 36 unspecified atom stereocenters. The molecule has 0 amide bonds. The van der Waals surface area contributed by atoms with E-state index in [0.717, 1.165) is 18.8 Å². The number of hydrogen-bond acceptors (Lipinski definition) is 27. The van der Waals surface area contributed by atoms with Crippen LogP contribution in [0, 0.1) is 69.0 Å². The van der Waals surface area contributed by atoms with Crippen molar-refractivity contribution in [1.29, 1.82) is 0 Å². The number of aliphatic hydroxyl groups excluding tert-OH is 10. The lowest BCUT2D eigenvalue weighted by atomic mass is 9.32. The normalized spacial score (nSPS) is 51.0. The van der Waals surface area contributed by atoms with Crippen molar-refractivity contribution in [2.75, 3.05) is 6.61 Å². The monoisotopic (exact) mass is 1430 g/mol. The van der Waals surface area contributed by atoms with Gasteiger partial charge in [-0.05, 0) is 148 Å². The van der Waals surface area contributed by atoms with Crippen LogP contribution in [-0.4, -0.2) is 241 Å². The van der Waals surface area contributed by atoms with Crippen molar-refractivity contribution in [2.24, 2.45) is 62.1 Å². The van der Waals surface area contributed by atoms with Gasteiger partial charge in [0, 0.05) is 19.4 Å². The number of hydrogen-bond donors (Lipinski definition) is 10. The van der Waals surface area contributed by atoms with Gasteiger partial charge in [-0.25, -0.2) is 14.6 Å². The zero-order valence-corrected chi connectivity index (χ0v) is 59.8. The summed E-state index contributed by atoms with van der Waals surface area (Å²) < 4.78 is 70.2. The molecule has 0 spiro atoms. The third kappa shape index (κ3) is 13.7. The summed E-state index contributed by atoms with van der Waals surface area (Å²) in [6.45, 7) is 22.0. The molecule has 101 heavy (non-hydrogen) atoms. The van der Waals surface area contributed by atoms with Crippen molar-refractivity contribution in [3.8, 4) is 0 Å². The second-order valence-corrected chi connectivity index (χ2v) is 33.2. The Kier molecular flexibility index (Phi) is 22.0. The maximum atomic E-state index is 16.1. The largest absolute Gasteiger partial charge is 0.455 e. The first kappa shape index (κ1) is 76.6. The van der Waals surface area contributed by atoms with Crippen molar-refractivity contribution in [3.05, 3.63) is 53.6 Å². The van der Waals surface area contributed by atoms with Gasteiger partial charge < -0.3 is 108 Å². The van der Waals surface area contributed by atoms with Crippen LogP contribution in [0.5, 0.6) is 0 Å². The SMILES string of the molecule is CC(=O)OC1C(OC(=O)C=Cc2ccc(C)cc2)C(C)OC(OC(=O)C23CCC(C)(C)CC2C2C=CC4C5(C)CCC(OC6OC(C)C(O)C(OC7OCC(O)C(O)C7O)C6OC6OC7CC(C)OOC7C(O)C6O)C(C)(C=O)C5CCC4(C)C2(C)CC3O)C1OC1CC(C)C(O)C(O)C1O. The van der Waals surface area contributed by atoms with E-state index in [1.165, 1.54) is 6.08 Å². The second kappa shape index (κ2) is 28.9. The summed E-state index contributed by atoms with van der Waals surface area (Å²) in [5.41, 5.74) is -3.26. The second-order valence-electron chi connectivity index (χ2n) is 33.2. The maximum Gasteiger partial charge on any atom is 0.331 e. The quantitative estimate of drug-likeness (QED) is 0.0229. The first-order valence-electron chi connectivity index (χ1n) is 36.3. The van der Waals surface area contributed by atoms with E-state index in [1.54, 1.807) is 33.8 Å². The highest BCUT2D eigenvalue weighted by atomic mass is 17.2. The molecule has 27 heteroatoms. The van der Waals surface area contributed by atoms with Crippen LogP contribution >= 0.6 is 0 Å². The summed E-state index contributed by atoms with van der Waals surface area (Å²) in [4.78, 5) is 68.1. The van der Waals surface area contributed by atoms with E-state index in [9.17, 15) is 65.4 Å². The van der Waals surface area contributed by atoms with Crippen LogP contribution in [0.3, 0.4) is 0 Å². The summed E-state index contributed by atoms with van der Waals surface area (Å²) in [6, 6.07) is 7.42. The molecule has 5 aliphatic heterocycles. The van der Waals surface area contributed by atoms with Gasteiger partial charge in [-0.15, -0.1) is 0 Å². The molecule has 0 radical (unpaired) electrons. The zero-order valence-electron chi connectivity index (χ0n) is 59.8. The predicted octanol–water partition coefficient (Wildman–Crippen LogP) is 3.08. The lowest BCUT2D eigenvalue weighted by molar-refractivity contribution is -0.445. The predicted molar refractivity (Wildman–Crippen MR) is 351 cm³/mol. The molecule has 36 atom stereocenters. The van der Waals surface area contributed by atoms with Gasteiger partial charge in [0.1, 0.15) is 73.4 Å². The van der Waals surface area contributed by atoms with E-state index < -0.39 is 223 Å². The Bertz CT molecular complexity index is 3190. The number of carbonyl (C=O) groups is 4. The molecule has 6 aliphatic carbocycles. The highest BCUT2D eigenvalue weighted by molar-refractivity contribution is 5.87. The maximum absolute atomic E-state index is 16.1. The Hall–Kier alpha value is -4.02. The standard InChI is InChI=1S/C74H108O27/c1-33-13-15-39(16-14-33)17-20-49(79)96-58-37(5)91-67(63(61(58)92-38(6)76)93-43-27-34(2)50(80)54(84)53(43)83)99-68(88)74-26-25-69(7,8)29-41(74)40-18-19-46-70(9)23-22-48(71(10,32-75)45(70)21-24-72(46,11)73(40,12)30-47(74)78)95-66-62(98-65-57(87)55(85)59-44(94-65)28-35(3)100-101-59)60(51(81)36(4)90-66)97-64-56(86)52(82)42(77)31-89-64/h13-20,32,34-37,40-48,50-67,77-78,80-87H,21-31H2,1-12H3. The third-order valence-corrected chi connectivity index (χ3v) is 26.2. The number of esters is 3. The van der Waals surface area contributed by atoms with Gasteiger partial charge in [0.25, 0.3) is 0 Å². The van der Waals surface area contributed by atoms with E-state index in [1.807, 2.05) is 38.1 Å². The van der Waals surface area contributed by atoms with Gasteiger partial charge in [-0.3, -0.25) is 9.59 Å². The van der Waals surface area contributed by atoms with Gasteiger partial charge in [0.15, 0.2) is 37.2 Å². The van der Waals surface area contributed by atoms with Crippen molar-refractivity contribution >= 4 is 30.3 Å². The first-order chi connectivity index (χ1) is 47.5. The molecule has 0 bridgehead atoms. The summed E-state index contributed by atoms with van der Waals surface area (Å²) in [7, 11) is 0. The summed E-state index contributed by atoms with van der Waals surface area (Å²) in [6.07, 6.45) is -24.8. The Labute approximate surface area is 589 Å². The smallest absolute Gasteiger partial charge is 0.331 e. The van der Waals surface area contributed by atoms with Crippen LogP contribution in [0.2, 0.25) is 0 Å². The molecule has 12 rings (SSSR count). The fourth-order valence-electron chi connectivity index (χ4n) is 20.2. The zero-order chi connectivity index (χ0) is 73.1. The number of rotatable bonds is 15. The third-order valence-electron chi connectivity index (χ3n) is 26.2. The molecular formula is C74H108O27. The van der Waals surface area contributed by atoms with Gasteiger partial charge >= 0.3 is 17.9 Å². The molecule has 1 aromatic carbocycles. The van der Waals surface area contributed by atoms with Crippen LogP contribution in [0.15, 0.2) is 42.5 Å². The molecule has 5 saturated carbocycles. The molecule has 566 valence electrons. The Morgan fingerprint density at radius 1 is 0.594 bits per heavy atom. The van der Waals surface area contributed by atoms with Crippen molar-refractivity contribution < 1.29 is 132 Å². The van der Waals surface area contributed by atoms with E-state index >= 15 is 4.79 Å². The summed E-state index contributed by atoms with van der Waals surface area (Å²) >= 11 is 0.